The first-order chi connectivity index (χ1) is 12.8. The van der Waals surface area contributed by atoms with Gasteiger partial charge in [-0.2, -0.15) is 0 Å². The van der Waals surface area contributed by atoms with Crippen LogP contribution in [-0.2, 0) is 6.42 Å². The second-order valence-corrected chi connectivity index (χ2v) is 7.09. The van der Waals surface area contributed by atoms with Gasteiger partial charge >= 0.3 is 0 Å². The van der Waals surface area contributed by atoms with Crippen LogP contribution < -0.4 is 10.1 Å². The van der Waals surface area contributed by atoms with Crippen molar-refractivity contribution in [2.24, 2.45) is 0 Å². The third-order valence-electron chi connectivity index (χ3n) is 4.69. The van der Waals surface area contributed by atoms with Crippen molar-refractivity contribution in [3.8, 4) is 17.0 Å². The summed E-state index contributed by atoms with van der Waals surface area (Å²) in [7, 11) is 0. The van der Waals surface area contributed by atoms with Crippen molar-refractivity contribution in [2.75, 3.05) is 13.2 Å². The minimum atomic E-state index is -0.551. The van der Waals surface area contributed by atoms with Gasteiger partial charge in [0, 0.05) is 23.5 Å². The largest absolute Gasteiger partial charge is 0.491 e. The summed E-state index contributed by atoms with van der Waals surface area (Å²) in [5.74, 6) is 0.738. The van der Waals surface area contributed by atoms with Crippen LogP contribution in [0.15, 0.2) is 53.9 Å². The van der Waals surface area contributed by atoms with Gasteiger partial charge in [-0.05, 0) is 59.8 Å². The Bertz CT molecular complexity index is 837. The van der Waals surface area contributed by atoms with Gasteiger partial charge in [0.2, 0.25) is 0 Å². The number of hydrogen-bond acceptors (Lipinski definition) is 6. The van der Waals surface area contributed by atoms with E-state index in [2.05, 4.69) is 39.2 Å². The third kappa shape index (κ3) is 3.93. The maximum atomic E-state index is 10.2. The van der Waals surface area contributed by atoms with Crippen molar-refractivity contribution in [1.29, 1.82) is 0 Å². The van der Waals surface area contributed by atoms with Gasteiger partial charge in [0.25, 0.3) is 0 Å². The second-order valence-electron chi connectivity index (χ2n) is 6.48. The highest BCUT2D eigenvalue weighted by atomic mass is 32.1. The average molecular weight is 367 g/mol. The van der Waals surface area contributed by atoms with Crippen LogP contribution in [0.3, 0.4) is 0 Å². The topological polar surface area (TPSA) is 67.3 Å². The number of nitrogens with one attached hydrogen (secondary N) is 1. The first-order valence-corrected chi connectivity index (χ1v) is 9.63. The van der Waals surface area contributed by atoms with Crippen LogP contribution >= 0.6 is 11.5 Å². The van der Waals surface area contributed by atoms with E-state index in [1.54, 1.807) is 0 Å². The molecule has 134 valence electrons. The number of aromatic nitrogens is 2. The van der Waals surface area contributed by atoms with E-state index in [1.165, 1.54) is 22.7 Å². The fourth-order valence-electron chi connectivity index (χ4n) is 3.31. The maximum absolute atomic E-state index is 10.2. The van der Waals surface area contributed by atoms with E-state index in [0.717, 1.165) is 29.8 Å². The lowest BCUT2D eigenvalue weighted by Crippen LogP contribution is -2.33. The number of ether oxygens (including phenoxy) is 1. The molecule has 4 rings (SSSR count). The zero-order chi connectivity index (χ0) is 17.8. The lowest BCUT2D eigenvalue weighted by molar-refractivity contribution is 0.103. The molecule has 0 unspecified atom stereocenters. The number of aliphatic hydroxyl groups excluding tert-OH is 1. The van der Waals surface area contributed by atoms with Crippen molar-refractivity contribution in [3.05, 3.63) is 65.0 Å². The van der Waals surface area contributed by atoms with Crippen LogP contribution in [0.2, 0.25) is 0 Å². The maximum Gasteiger partial charge on any atom is 0.119 e. The number of rotatable bonds is 7. The van der Waals surface area contributed by atoms with Gasteiger partial charge in [0.1, 0.15) is 24.2 Å². The molecule has 0 spiro atoms. The van der Waals surface area contributed by atoms with E-state index < -0.39 is 6.10 Å². The summed E-state index contributed by atoms with van der Waals surface area (Å²) in [4.78, 5) is 0. The molecule has 5 nitrogen and oxygen atoms in total. The summed E-state index contributed by atoms with van der Waals surface area (Å²) in [6.07, 6.45) is 1.63. The summed E-state index contributed by atoms with van der Waals surface area (Å²) in [5.41, 5.74) is 4.63. The Labute approximate surface area is 156 Å². The van der Waals surface area contributed by atoms with Crippen molar-refractivity contribution in [2.45, 2.75) is 25.0 Å². The Morgan fingerprint density at radius 2 is 2.04 bits per heavy atom. The van der Waals surface area contributed by atoms with Crippen LogP contribution in [-0.4, -0.2) is 33.9 Å². The normalized spacial score (nSPS) is 17.0. The SMILES string of the molecule is O[C@@H](CN[C@H]1CCc2ccccc21)COc1ccc(-c2csnn2)cc1. The van der Waals surface area contributed by atoms with Crippen LogP contribution in [0.5, 0.6) is 5.75 Å². The van der Waals surface area contributed by atoms with Crippen LogP contribution in [0, 0.1) is 0 Å². The van der Waals surface area contributed by atoms with Gasteiger partial charge in [-0.15, -0.1) is 5.10 Å². The van der Waals surface area contributed by atoms with E-state index in [4.69, 9.17) is 4.74 Å². The van der Waals surface area contributed by atoms with E-state index in [0.29, 0.717) is 12.6 Å². The molecule has 6 heteroatoms. The molecule has 1 heterocycles. The smallest absolute Gasteiger partial charge is 0.119 e. The first-order valence-electron chi connectivity index (χ1n) is 8.79. The van der Waals surface area contributed by atoms with Crippen LogP contribution in [0.1, 0.15) is 23.6 Å². The highest BCUT2D eigenvalue weighted by molar-refractivity contribution is 7.03. The van der Waals surface area contributed by atoms with Gasteiger partial charge in [0.15, 0.2) is 0 Å². The molecular formula is C20H21N3O2S. The standard InChI is InChI=1S/C20H21N3O2S/c24-16(11-21-19-10-7-14-3-1-2-4-18(14)19)12-25-17-8-5-15(6-9-17)20-13-26-23-22-20/h1-6,8-9,13,16,19,21,24H,7,10-12H2/t16-,19-/m0/s1. The predicted octanol–water partition coefficient (Wildman–Crippen LogP) is 3.22. The Morgan fingerprint density at radius 1 is 1.19 bits per heavy atom. The molecule has 0 saturated heterocycles. The fraction of sp³-hybridized carbons (Fsp3) is 0.300. The van der Waals surface area contributed by atoms with Gasteiger partial charge in [-0.25, -0.2) is 0 Å². The van der Waals surface area contributed by atoms with Crippen molar-refractivity contribution in [1.82, 2.24) is 14.9 Å². The molecular weight excluding hydrogens is 346 g/mol. The van der Waals surface area contributed by atoms with E-state index in [9.17, 15) is 5.11 Å². The van der Waals surface area contributed by atoms with Crippen LogP contribution in [0.4, 0.5) is 0 Å². The molecule has 0 radical (unpaired) electrons. The number of fused-ring (bicyclic) bond motifs is 1. The second kappa shape index (κ2) is 7.95. The quantitative estimate of drug-likeness (QED) is 0.671. The summed E-state index contributed by atoms with van der Waals surface area (Å²) >= 11 is 1.33. The summed E-state index contributed by atoms with van der Waals surface area (Å²) < 4.78 is 9.57. The molecule has 2 aromatic carbocycles. The number of aryl methyl sites for hydroxylation is 1. The van der Waals surface area contributed by atoms with E-state index in [-0.39, 0.29) is 6.61 Å². The summed E-state index contributed by atoms with van der Waals surface area (Å²) in [6, 6.07) is 16.5. The van der Waals surface area contributed by atoms with Crippen molar-refractivity contribution in [3.63, 3.8) is 0 Å². The zero-order valence-corrected chi connectivity index (χ0v) is 15.2. The molecule has 2 N–H and O–H groups in total. The number of aliphatic hydroxyl groups is 1. The third-order valence-corrected chi connectivity index (χ3v) is 5.19. The molecule has 2 atom stereocenters. The minimum absolute atomic E-state index is 0.263. The number of hydrogen-bond donors (Lipinski definition) is 2. The molecule has 1 aliphatic rings. The van der Waals surface area contributed by atoms with Crippen molar-refractivity contribution >= 4 is 11.5 Å². The van der Waals surface area contributed by atoms with Crippen molar-refractivity contribution < 1.29 is 9.84 Å². The summed E-state index contributed by atoms with van der Waals surface area (Å²) in [6.45, 7) is 0.778. The first kappa shape index (κ1) is 17.1. The highest BCUT2D eigenvalue weighted by Crippen LogP contribution is 2.30. The van der Waals surface area contributed by atoms with Gasteiger partial charge < -0.3 is 15.2 Å². The van der Waals surface area contributed by atoms with Crippen LogP contribution in [0.25, 0.3) is 11.3 Å². The highest BCUT2D eigenvalue weighted by Gasteiger charge is 2.22. The molecule has 0 fully saturated rings. The number of benzene rings is 2. The lowest BCUT2D eigenvalue weighted by Gasteiger charge is -2.18. The van der Waals surface area contributed by atoms with E-state index >= 15 is 0 Å². The average Bonchev–Trinajstić information content (AvgIpc) is 3.35. The molecule has 0 amide bonds. The number of nitrogens with zero attached hydrogens (tertiary/aromatic N) is 2. The van der Waals surface area contributed by atoms with Gasteiger partial charge in [-0.1, -0.05) is 28.8 Å². The monoisotopic (exact) mass is 367 g/mol. The predicted molar refractivity (Wildman–Crippen MR) is 102 cm³/mol. The zero-order valence-electron chi connectivity index (χ0n) is 14.3. The molecule has 0 bridgehead atoms. The molecule has 3 aromatic rings. The molecule has 26 heavy (non-hydrogen) atoms. The molecule has 1 aromatic heterocycles. The van der Waals surface area contributed by atoms with E-state index in [1.807, 2.05) is 29.6 Å². The Balaban J connectivity index is 1.25. The Kier molecular flexibility index (Phi) is 5.24. The molecule has 0 saturated carbocycles. The lowest BCUT2D eigenvalue weighted by atomic mass is 10.1. The Morgan fingerprint density at radius 3 is 2.85 bits per heavy atom. The molecule has 1 aliphatic carbocycles. The minimum Gasteiger partial charge on any atom is -0.491 e. The van der Waals surface area contributed by atoms with Gasteiger partial charge in [0.05, 0.1) is 0 Å². The summed E-state index contributed by atoms with van der Waals surface area (Å²) in [5, 5.41) is 19.6. The fourth-order valence-corrected chi connectivity index (χ4v) is 3.78. The van der Waals surface area contributed by atoms with Gasteiger partial charge in [-0.3, -0.25) is 0 Å². The Hall–Kier alpha value is -2.28. The molecule has 0 aliphatic heterocycles.